The molecular formula is C22H28N2O3. The highest BCUT2D eigenvalue weighted by atomic mass is 16.5. The molecule has 0 aliphatic carbocycles. The maximum atomic E-state index is 12.3. The van der Waals surface area contributed by atoms with Crippen LogP contribution < -0.4 is 15.4 Å². The van der Waals surface area contributed by atoms with Gasteiger partial charge in [0.05, 0.1) is 19.1 Å². The highest BCUT2D eigenvalue weighted by Crippen LogP contribution is 2.18. The number of anilines is 1. The van der Waals surface area contributed by atoms with Gasteiger partial charge in [-0.3, -0.25) is 9.59 Å². The van der Waals surface area contributed by atoms with Crippen molar-refractivity contribution in [1.82, 2.24) is 5.32 Å². The largest absolute Gasteiger partial charge is 0.494 e. The van der Waals surface area contributed by atoms with Gasteiger partial charge in [-0.1, -0.05) is 31.2 Å². The van der Waals surface area contributed by atoms with E-state index in [4.69, 9.17) is 4.74 Å². The van der Waals surface area contributed by atoms with Gasteiger partial charge in [-0.15, -0.1) is 0 Å². The Labute approximate surface area is 161 Å². The fourth-order valence-electron chi connectivity index (χ4n) is 2.74. The number of ether oxygens (including phenoxy) is 1. The molecule has 2 rings (SSSR count). The smallest absolute Gasteiger partial charge is 0.224 e. The van der Waals surface area contributed by atoms with Crippen LogP contribution in [0.4, 0.5) is 5.69 Å². The first-order valence-electron chi connectivity index (χ1n) is 9.42. The molecule has 2 N–H and O–H groups in total. The summed E-state index contributed by atoms with van der Waals surface area (Å²) in [5.74, 6) is 0.789. The topological polar surface area (TPSA) is 67.4 Å². The fraction of sp³-hybridized carbons (Fsp3) is 0.364. The van der Waals surface area contributed by atoms with Crippen molar-refractivity contribution in [2.75, 3.05) is 11.9 Å². The van der Waals surface area contributed by atoms with E-state index in [0.29, 0.717) is 19.4 Å². The average Bonchev–Trinajstić information content (AvgIpc) is 2.64. The number of carbonyl (C=O) groups is 2. The Balaban J connectivity index is 1.86. The highest BCUT2D eigenvalue weighted by molar-refractivity contribution is 5.90. The molecule has 0 fully saturated rings. The van der Waals surface area contributed by atoms with Gasteiger partial charge in [0.15, 0.2) is 0 Å². The van der Waals surface area contributed by atoms with Crippen LogP contribution in [-0.2, 0) is 16.0 Å². The van der Waals surface area contributed by atoms with E-state index >= 15 is 0 Å². The van der Waals surface area contributed by atoms with Gasteiger partial charge in [0.1, 0.15) is 5.75 Å². The van der Waals surface area contributed by atoms with E-state index in [1.54, 1.807) is 0 Å². The molecule has 1 atom stereocenters. The SMILES string of the molecule is CCCC(=O)Nc1ccc(CC(=O)N[C@H](C)c2ccc(OCC)cc2)cc1. The first-order chi connectivity index (χ1) is 13.0. The number of rotatable bonds is 9. The summed E-state index contributed by atoms with van der Waals surface area (Å²) in [5.41, 5.74) is 2.68. The molecule has 144 valence electrons. The molecule has 0 aliphatic heterocycles. The minimum atomic E-state index is -0.0826. The molecule has 2 amide bonds. The summed E-state index contributed by atoms with van der Waals surface area (Å²) in [6.45, 7) is 6.50. The summed E-state index contributed by atoms with van der Waals surface area (Å²) >= 11 is 0. The lowest BCUT2D eigenvalue weighted by atomic mass is 10.1. The Bertz CT molecular complexity index is 739. The zero-order valence-corrected chi connectivity index (χ0v) is 16.2. The Kier molecular flexibility index (Phi) is 7.86. The number of benzene rings is 2. The van der Waals surface area contributed by atoms with Crippen LogP contribution in [0.5, 0.6) is 5.75 Å². The summed E-state index contributed by atoms with van der Waals surface area (Å²) < 4.78 is 5.43. The lowest BCUT2D eigenvalue weighted by Crippen LogP contribution is -2.28. The molecule has 0 saturated heterocycles. The molecule has 0 spiro atoms. The molecule has 0 unspecified atom stereocenters. The molecule has 0 heterocycles. The Morgan fingerprint density at radius 1 is 0.963 bits per heavy atom. The number of nitrogens with one attached hydrogen (secondary N) is 2. The van der Waals surface area contributed by atoms with Gasteiger partial charge in [-0.05, 0) is 55.7 Å². The Morgan fingerprint density at radius 2 is 1.63 bits per heavy atom. The molecule has 0 aliphatic rings. The zero-order valence-electron chi connectivity index (χ0n) is 16.2. The third kappa shape index (κ3) is 6.77. The lowest BCUT2D eigenvalue weighted by molar-refractivity contribution is -0.121. The number of hydrogen-bond acceptors (Lipinski definition) is 3. The van der Waals surface area contributed by atoms with Crippen molar-refractivity contribution < 1.29 is 14.3 Å². The Hall–Kier alpha value is -2.82. The molecular weight excluding hydrogens is 340 g/mol. The van der Waals surface area contributed by atoms with E-state index in [1.165, 1.54) is 0 Å². The van der Waals surface area contributed by atoms with Crippen LogP contribution in [0.3, 0.4) is 0 Å². The quantitative estimate of drug-likeness (QED) is 0.695. The maximum absolute atomic E-state index is 12.3. The maximum Gasteiger partial charge on any atom is 0.224 e. The summed E-state index contributed by atoms with van der Waals surface area (Å²) in [5, 5.41) is 5.85. The van der Waals surface area contributed by atoms with Crippen molar-refractivity contribution in [2.24, 2.45) is 0 Å². The third-order valence-electron chi connectivity index (χ3n) is 4.15. The predicted octanol–water partition coefficient (Wildman–Crippen LogP) is 4.24. The third-order valence-corrected chi connectivity index (χ3v) is 4.15. The van der Waals surface area contributed by atoms with Crippen LogP contribution in [0.25, 0.3) is 0 Å². The lowest BCUT2D eigenvalue weighted by Gasteiger charge is -2.15. The van der Waals surface area contributed by atoms with Crippen LogP contribution in [0.15, 0.2) is 48.5 Å². The molecule has 0 bridgehead atoms. The first-order valence-corrected chi connectivity index (χ1v) is 9.42. The van der Waals surface area contributed by atoms with E-state index in [-0.39, 0.29) is 17.9 Å². The van der Waals surface area contributed by atoms with Crippen molar-refractivity contribution in [3.05, 3.63) is 59.7 Å². The first kappa shape index (κ1) is 20.5. The molecule has 5 heteroatoms. The average molecular weight is 368 g/mol. The minimum absolute atomic E-state index is 0.00664. The van der Waals surface area contributed by atoms with Gasteiger partial charge in [0.2, 0.25) is 11.8 Å². The predicted molar refractivity (Wildman–Crippen MR) is 108 cm³/mol. The summed E-state index contributed by atoms with van der Waals surface area (Å²) in [6.07, 6.45) is 1.62. The molecule has 0 aromatic heterocycles. The van der Waals surface area contributed by atoms with Gasteiger partial charge in [-0.25, -0.2) is 0 Å². The van der Waals surface area contributed by atoms with Crippen molar-refractivity contribution in [1.29, 1.82) is 0 Å². The van der Waals surface area contributed by atoms with Crippen LogP contribution in [-0.4, -0.2) is 18.4 Å². The van der Waals surface area contributed by atoms with Crippen molar-refractivity contribution in [3.63, 3.8) is 0 Å². The van der Waals surface area contributed by atoms with Crippen LogP contribution in [0, 0.1) is 0 Å². The molecule has 2 aromatic carbocycles. The van der Waals surface area contributed by atoms with Crippen LogP contribution in [0.2, 0.25) is 0 Å². The molecule has 0 saturated carbocycles. The van der Waals surface area contributed by atoms with Crippen molar-refractivity contribution in [2.45, 2.75) is 46.1 Å². The van der Waals surface area contributed by atoms with E-state index < -0.39 is 0 Å². The number of carbonyl (C=O) groups excluding carboxylic acids is 2. The van der Waals surface area contributed by atoms with Crippen molar-refractivity contribution in [3.8, 4) is 5.75 Å². The minimum Gasteiger partial charge on any atom is -0.494 e. The highest BCUT2D eigenvalue weighted by Gasteiger charge is 2.11. The molecule has 0 radical (unpaired) electrons. The number of hydrogen-bond donors (Lipinski definition) is 2. The van der Waals surface area contributed by atoms with Gasteiger partial charge < -0.3 is 15.4 Å². The van der Waals surface area contributed by atoms with Crippen molar-refractivity contribution >= 4 is 17.5 Å². The standard InChI is InChI=1S/C22H28N2O3/c1-4-6-21(25)24-19-11-7-17(8-12-19)15-22(26)23-16(3)18-9-13-20(14-10-18)27-5-2/h7-14,16H,4-6,15H2,1-3H3,(H,23,26)(H,24,25)/t16-/m1/s1. The van der Waals surface area contributed by atoms with E-state index in [2.05, 4.69) is 10.6 Å². The zero-order chi connectivity index (χ0) is 19.6. The second kappa shape index (κ2) is 10.4. The second-order valence-electron chi connectivity index (χ2n) is 6.46. The summed E-state index contributed by atoms with van der Waals surface area (Å²) in [4.78, 5) is 23.9. The monoisotopic (exact) mass is 368 g/mol. The van der Waals surface area contributed by atoms with Gasteiger partial charge in [0, 0.05) is 12.1 Å². The fourth-order valence-corrected chi connectivity index (χ4v) is 2.74. The van der Waals surface area contributed by atoms with Crippen LogP contribution >= 0.6 is 0 Å². The van der Waals surface area contributed by atoms with Gasteiger partial charge in [0.25, 0.3) is 0 Å². The molecule has 27 heavy (non-hydrogen) atoms. The summed E-state index contributed by atoms with van der Waals surface area (Å²) in [6, 6.07) is 15.0. The molecule has 2 aromatic rings. The van der Waals surface area contributed by atoms with E-state index in [9.17, 15) is 9.59 Å². The van der Waals surface area contributed by atoms with Gasteiger partial charge in [-0.2, -0.15) is 0 Å². The van der Waals surface area contributed by atoms with E-state index in [1.807, 2.05) is 69.3 Å². The number of amides is 2. The summed E-state index contributed by atoms with van der Waals surface area (Å²) in [7, 11) is 0. The molecule has 5 nitrogen and oxygen atoms in total. The second-order valence-corrected chi connectivity index (χ2v) is 6.46. The Morgan fingerprint density at radius 3 is 2.22 bits per heavy atom. The van der Waals surface area contributed by atoms with Gasteiger partial charge >= 0.3 is 0 Å². The normalized spacial score (nSPS) is 11.5. The van der Waals surface area contributed by atoms with Crippen LogP contribution in [0.1, 0.15) is 50.8 Å². The van der Waals surface area contributed by atoms with E-state index in [0.717, 1.165) is 29.0 Å².